The Bertz CT molecular complexity index is 1520. The number of hydrogen-bond acceptors (Lipinski definition) is 6. The SMILES string of the molecule is O=S(=O)(Cc1ccccc1)Nc1cccc(Nc2nc(-c3ccc4cnccc4c3)co2)c1. The lowest BCUT2D eigenvalue weighted by Crippen LogP contribution is -2.15. The Balaban J connectivity index is 1.30. The Morgan fingerprint density at radius 3 is 2.58 bits per heavy atom. The number of nitrogens with zero attached hydrogens (tertiary/aromatic N) is 2. The first-order valence-corrected chi connectivity index (χ1v) is 11.9. The van der Waals surface area contributed by atoms with Crippen LogP contribution in [-0.4, -0.2) is 18.4 Å². The summed E-state index contributed by atoms with van der Waals surface area (Å²) >= 11 is 0. The van der Waals surface area contributed by atoms with Crippen LogP contribution in [0.1, 0.15) is 5.56 Å². The molecule has 3 aromatic carbocycles. The fourth-order valence-corrected chi connectivity index (χ4v) is 4.69. The van der Waals surface area contributed by atoms with Gasteiger partial charge in [0.2, 0.25) is 10.0 Å². The number of sulfonamides is 1. The van der Waals surface area contributed by atoms with Gasteiger partial charge in [0.1, 0.15) is 12.0 Å². The summed E-state index contributed by atoms with van der Waals surface area (Å²) in [7, 11) is -3.55. The second-order valence-corrected chi connectivity index (χ2v) is 9.25. The van der Waals surface area contributed by atoms with Crippen LogP contribution in [0.3, 0.4) is 0 Å². The van der Waals surface area contributed by atoms with Gasteiger partial charge in [-0.1, -0.05) is 48.5 Å². The number of pyridine rings is 1. The Labute approximate surface area is 191 Å². The maximum absolute atomic E-state index is 12.5. The summed E-state index contributed by atoms with van der Waals surface area (Å²) in [6, 6.07) is 24.2. The summed E-state index contributed by atoms with van der Waals surface area (Å²) < 4.78 is 33.3. The van der Waals surface area contributed by atoms with Crippen LogP contribution in [-0.2, 0) is 15.8 Å². The van der Waals surface area contributed by atoms with Crippen LogP contribution in [0.4, 0.5) is 17.4 Å². The van der Waals surface area contributed by atoms with Crippen molar-refractivity contribution in [3.8, 4) is 11.3 Å². The Kier molecular flexibility index (Phi) is 5.50. The molecule has 0 unspecified atom stereocenters. The summed E-state index contributed by atoms with van der Waals surface area (Å²) in [5, 5.41) is 5.20. The van der Waals surface area contributed by atoms with Crippen molar-refractivity contribution in [1.82, 2.24) is 9.97 Å². The molecule has 164 valence electrons. The van der Waals surface area contributed by atoms with Gasteiger partial charge < -0.3 is 9.73 Å². The number of rotatable bonds is 7. The molecule has 2 heterocycles. The van der Waals surface area contributed by atoms with Crippen LogP contribution >= 0.6 is 0 Å². The molecule has 8 heteroatoms. The van der Waals surface area contributed by atoms with E-state index >= 15 is 0 Å². The average Bonchev–Trinajstić information content (AvgIpc) is 3.27. The van der Waals surface area contributed by atoms with Crippen LogP contribution < -0.4 is 10.0 Å². The predicted octanol–water partition coefficient (Wildman–Crippen LogP) is 5.58. The minimum atomic E-state index is -3.55. The Hall–Kier alpha value is -4.17. The highest BCUT2D eigenvalue weighted by atomic mass is 32.2. The molecule has 0 aliphatic heterocycles. The first-order valence-electron chi connectivity index (χ1n) is 10.3. The smallest absolute Gasteiger partial charge is 0.299 e. The highest BCUT2D eigenvalue weighted by Gasteiger charge is 2.13. The van der Waals surface area contributed by atoms with Gasteiger partial charge in [-0.3, -0.25) is 9.71 Å². The number of fused-ring (bicyclic) bond motifs is 1. The molecule has 0 aliphatic carbocycles. The predicted molar refractivity (Wildman–Crippen MR) is 130 cm³/mol. The van der Waals surface area contributed by atoms with Crippen molar-refractivity contribution >= 4 is 38.2 Å². The topological polar surface area (TPSA) is 97.1 Å². The zero-order valence-corrected chi connectivity index (χ0v) is 18.3. The van der Waals surface area contributed by atoms with Gasteiger partial charge in [0.15, 0.2) is 0 Å². The number of anilines is 3. The fraction of sp³-hybridized carbons (Fsp3) is 0.0400. The first kappa shape index (κ1) is 20.7. The maximum Gasteiger partial charge on any atom is 0.299 e. The third-order valence-corrected chi connectivity index (χ3v) is 6.29. The lowest BCUT2D eigenvalue weighted by atomic mass is 10.1. The molecule has 5 rings (SSSR count). The summed E-state index contributed by atoms with van der Waals surface area (Å²) in [5.41, 5.74) is 3.43. The molecule has 2 N–H and O–H groups in total. The van der Waals surface area contributed by atoms with Gasteiger partial charge in [0.05, 0.1) is 11.4 Å². The lowest BCUT2D eigenvalue weighted by Gasteiger charge is -2.10. The van der Waals surface area contributed by atoms with Gasteiger partial charge in [0, 0.05) is 29.0 Å². The standard InChI is InChI=1S/C25H20N4O3S/c30-33(31,17-18-5-2-1-3-6-18)29-23-8-4-7-22(14-23)27-25-28-24(16-32-25)20-9-10-21-15-26-12-11-19(21)13-20/h1-16,29H,17H2,(H,27,28). The van der Waals surface area contributed by atoms with Crippen LogP contribution in [0.15, 0.2) is 102 Å². The number of hydrogen-bond donors (Lipinski definition) is 2. The minimum Gasteiger partial charge on any atom is -0.431 e. The van der Waals surface area contributed by atoms with Gasteiger partial charge in [-0.05, 0) is 41.3 Å². The van der Waals surface area contributed by atoms with Gasteiger partial charge in [-0.2, -0.15) is 4.98 Å². The highest BCUT2D eigenvalue weighted by Crippen LogP contribution is 2.27. The van der Waals surface area contributed by atoms with Crippen LogP contribution in [0.5, 0.6) is 0 Å². The quantitative estimate of drug-likeness (QED) is 0.332. The van der Waals surface area contributed by atoms with Crippen LogP contribution in [0, 0.1) is 0 Å². The van der Waals surface area contributed by atoms with Crippen molar-refractivity contribution in [3.05, 3.63) is 103 Å². The summed E-state index contributed by atoms with van der Waals surface area (Å²) in [6.45, 7) is 0. The number of benzene rings is 3. The summed E-state index contributed by atoms with van der Waals surface area (Å²) in [5.74, 6) is -0.101. The van der Waals surface area contributed by atoms with Crippen LogP contribution in [0.2, 0.25) is 0 Å². The number of nitrogens with one attached hydrogen (secondary N) is 2. The monoisotopic (exact) mass is 456 g/mol. The maximum atomic E-state index is 12.5. The third kappa shape index (κ3) is 5.02. The number of oxazole rings is 1. The van der Waals surface area contributed by atoms with Gasteiger partial charge in [0.25, 0.3) is 6.01 Å². The molecule has 0 spiro atoms. The van der Waals surface area contributed by atoms with E-state index in [9.17, 15) is 8.42 Å². The first-order chi connectivity index (χ1) is 16.0. The normalized spacial score (nSPS) is 11.4. The van der Waals surface area contributed by atoms with Crippen molar-refractivity contribution in [2.45, 2.75) is 5.75 Å². The van der Waals surface area contributed by atoms with Crippen molar-refractivity contribution in [2.75, 3.05) is 10.0 Å². The van der Waals surface area contributed by atoms with Crippen LogP contribution in [0.25, 0.3) is 22.0 Å². The molecule has 0 saturated carbocycles. The molecule has 0 amide bonds. The molecule has 7 nitrogen and oxygen atoms in total. The van der Waals surface area contributed by atoms with E-state index in [0.29, 0.717) is 23.1 Å². The fourth-order valence-electron chi connectivity index (χ4n) is 3.50. The average molecular weight is 457 g/mol. The van der Waals surface area contributed by atoms with E-state index < -0.39 is 10.0 Å². The Morgan fingerprint density at radius 1 is 0.848 bits per heavy atom. The summed E-state index contributed by atoms with van der Waals surface area (Å²) in [4.78, 5) is 8.64. The van der Waals surface area contributed by atoms with Crippen molar-refractivity contribution < 1.29 is 12.8 Å². The van der Waals surface area contributed by atoms with Gasteiger partial charge >= 0.3 is 0 Å². The summed E-state index contributed by atoms with van der Waals surface area (Å²) in [6.07, 6.45) is 5.15. The lowest BCUT2D eigenvalue weighted by molar-refractivity contribution is 0.578. The zero-order valence-electron chi connectivity index (χ0n) is 17.5. The van der Waals surface area contributed by atoms with Crippen molar-refractivity contribution in [2.24, 2.45) is 0 Å². The molecule has 0 atom stereocenters. The van der Waals surface area contributed by atoms with Gasteiger partial charge in [-0.25, -0.2) is 8.42 Å². The molecule has 0 fully saturated rings. The van der Waals surface area contributed by atoms with Crippen molar-refractivity contribution in [1.29, 1.82) is 0 Å². The molecule has 2 aromatic heterocycles. The van der Waals surface area contributed by atoms with E-state index in [4.69, 9.17) is 4.42 Å². The third-order valence-electron chi connectivity index (χ3n) is 5.03. The van der Waals surface area contributed by atoms with E-state index in [0.717, 1.165) is 21.9 Å². The van der Waals surface area contributed by atoms with E-state index in [1.165, 1.54) is 0 Å². The molecule has 0 radical (unpaired) electrons. The molecular weight excluding hydrogens is 436 g/mol. The largest absolute Gasteiger partial charge is 0.431 e. The van der Waals surface area contributed by atoms with E-state index in [1.54, 1.807) is 42.8 Å². The Morgan fingerprint density at radius 2 is 1.70 bits per heavy atom. The van der Waals surface area contributed by atoms with E-state index in [1.807, 2.05) is 54.7 Å². The van der Waals surface area contributed by atoms with Gasteiger partial charge in [-0.15, -0.1) is 0 Å². The second-order valence-electron chi connectivity index (χ2n) is 7.53. The molecule has 0 saturated heterocycles. The van der Waals surface area contributed by atoms with Crippen molar-refractivity contribution in [3.63, 3.8) is 0 Å². The molecule has 0 aliphatic rings. The number of aromatic nitrogens is 2. The second kappa shape index (κ2) is 8.76. The van der Waals surface area contributed by atoms with E-state index in [2.05, 4.69) is 20.0 Å². The van der Waals surface area contributed by atoms with E-state index in [-0.39, 0.29) is 5.75 Å². The molecule has 33 heavy (non-hydrogen) atoms. The molecular formula is C25H20N4O3S. The highest BCUT2D eigenvalue weighted by molar-refractivity contribution is 7.91. The zero-order chi connectivity index (χ0) is 22.7. The molecule has 5 aromatic rings. The molecule has 0 bridgehead atoms. The minimum absolute atomic E-state index is 0.101.